The van der Waals surface area contributed by atoms with Gasteiger partial charge in [0.1, 0.15) is 0 Å². The maximum Gasteiger partial charge on any atom is 0.341 e. The van der Waals surface area contributed by atoms with E-state index in [0.29, 0.717) is 26.2 Å². The second-order valence-electron chi connectivity index (χ2n) is 7.71. The van der Waals surface area contributed by atoms with Gasteiger partial charge in [0, 0.05) is 0 Å². The Balaban J connectivity index is 1.85. The van der Waals surface area contributed by atoms with E-state index < -0.39 is 24.6 Å². The molecule has 0 saturated heterocycles. The van der Waals surface area contributed by atoms with E-state index in [-0.39, 0.29) is 28.0 Å². The average Bonchev–Trinajstić information content (AvgIpc) is 3.12. The van der Waals surface area contributed by atoms with Gasteiger partial charge in [-0.05, 0) is 43.2 Å². The molecule has 1 atom stereocenters. The van der Waals surface area contributed by atoms with E-state index in [1.807, 2.05) is 30.3 Å². The molecule has 0 aliphatic carbocycles. The van der Waals surface area contributed by atoms with Gasteiger partial charge in [0.15, 0.2) is 17.2 Å². The number of fused-ring (bicyclic) bond motifs is 1. The number of halogens is 2. The standard InChI is InChI=1S/C25H20Cl2N2O6S/c1-3-34-24(33)20-13(2)28-25-29(21(20)15-7-5-4-6-8-15)23(32)18(36-25)11-14-9-16(26)22(17(27)10-14)35-12-19(30)31/h4-11,21H,3,12H2,1-2H3,(H,30,31)/b18-11+/t21-/m0/s1. The molecule has 1 N–H and O–H groups in total. The number of thiazole rings is 1. The lowest BCUT2D eigenvalue weighted by molar-refractivity contribution is -0.140. The molecule has 0 bridgehead atoms. The number of esters is 1. The van der Waals surface area contributed by atoms with Crippen molar-refractivity contribution in [3.8, 4) is 5.75 Å². The van der Waals surface area contributed by atoms with Crippen molar-refractivity contribution in [1.82, 2.24) is 4.57 Å². The van der Waals surface area contributed by atoms with E-state index in [0.717, 1.165) is 16.9 Å². The van der Waals surface area contributed by atoms with E-state index in [1.54, 1.807) is 19.9 Å². The molecule has 0 fully saturated rings. The first-order valence-electron chi connectivity index (χ1n) is 10.8. The lowest BCUT2D eigenvalue weighted by atomic mass is 9.96. The normalized spacial score (nSPS) is 15.3. The molecule has 186 valence electrons. The number of carboxylic acid groups (broad SMARTS) is 1. The summed E-state index contributed by atoms with van der Waals surface area (Å²) in [6, 6.07) is 11.5. The lowest BCUT2D eigenvalue weighted by Crippen LogP contribution is -2.39. The van der Waals surface area contributed by atoms with Crippen LogP contribution < -0.4 is 19.6 Å². The van der Waals surface area contributed by atoms with Crippen LogP contribution in [0.25, 0.3) is 6.08 Å². The van der Waals surface area contributed by atoms with Gasteiger partial charge in [-0.3, -0.25) is 9.36 Å². The van der Waals surface area contributed by atoms with E-state index in [1.165, 1.54) is 16.7 Å². The zero-order valence-electron chi connectivity index (χ0n) is 19.2. The topological polar surface area (TPSA) is 107 Å². The van der Waals surface area contributed by atoms with Gasteiger partial charge in [-0.1, -0.05) is 64.9 Å². The minimum atomic E-state index is -1.17. The van der Waals surface area contributed by atoms with Gasteiger partial charge in [-0.2, -0.15) is 0 Å². The monoisotopic (exact) mass is 546 g/mol. The number of carbonyl (C=O) groups is 2. The molecule has 0 unspecified atom stereocenters. The highest BCUT2D eigenvalue weighted by molar-refractivity contribution is 7.07. The fourth-order valence-electron chi connectivity index (χ4n) is 3.83. The minimum Gasteiger partial charge on any atom is -0.479 e. The Bertz CT molecular complexity index is 1540. The molecule has 2 heterocycles. The largest absolute Gasteiger partial charge is 0.479 e. The van der Waals surface area contributed by atoms with Gasteiger partial charge in [-0.15, -0.1) is 0 Å². The number of carbonyl (C=O) groups excluding carboxylic acids is 1. The van der Waals surface area contributed by atoms with E-state index in [4.69, 9.17) is 37.8 Å². The Morgan fingerprint density at radius 2 is 1.86 bits per heavy atom. The highest BCUT2D eigenvalue weighted by Gasteiger charge is 2.33. The van der Waals surface area contributed by atoms with Gasteiger partial charge in [0.05, 0.1) is 38.5 Å². The molecule has 0 radical (unpaired) electrons. The molecule has 0 amide bonds. The number of hydrogen-bond donors (Lipinski definition) is 1. The van der Waals surface area contributed by atoms with Crippen LogP contribution in [0.5, 0.6) is 5.75 Å². The predicted molar refractivity (Wildman–Crippen MR) is 136 cm³/mol. The molecule has 36 heavy (non-hydrogen) atoms. The lowest BCUT2D eigenvalue weighted by Gasteiger charge is -2.24. The third-order valence-corrected chi connectivity index (χ3v) is 6.84. The van der Waals surface area contributed by atoms with Crippen molar-refractivity contribution in [2.75, 3.05) is 13.2 Å². The smallest absolute Gasteiger partial charge is 0.341 e. The second-order valence-corrected chi connectivity index (χ2v) is 9.53. The molecule has 1 aromatic heterocycles. The third-order valence-electron chi connectivity index (χ3n) is 5.29. The van der Waals surface area contributed by atoms with Crippen LogP contribution in [0.1, 0.15) is 31.0 Å². The molecule has 11 heteroatoms. The van der Waals surface area contributed by atoms with Crippen LogP contribution in [-0.2, 0) is 14.3 Å². The Kier molecular flexibility index (Phi) is 7.63. The summed E-state index contributed by atoms with van der Waals surface area (Å²) >= 11 is 13.7. The van der Waals surface area contributed by atoms with Crippen LogP contribution in [0.4, 0.5) is 0 Å². The van der Waals surface area contributed by atoms with Gasteiger partial charge in [0.25, 0.3) is 5.56 Å². The third kappa shape index (κ3) is 5.09. The Morgan fingerprint density at radius 3 is 2.47 bits per heavy atom. The summed E-state index contributed by atoms with van der Waals surface area (Å²) in [5, 5.41) is 9.03. The molecule has 8 nitrogen and oxygen atoms in total. The van der Waals surface area contributed by atoms with Crippen molar-refractivity contribution < 1.29 is 24.2 Å². The van der Waals surface area contributed by atoms with Crippen LogP contribution in [-0.4, -0.2) is 34.8 Å². The number of hydrogen-bond acceptors (Lipinski definition) is 7. The van der Waals surface area contributed by atoms with Crippen LogP contribution in [0.3, 0.4) is 0 Å². The summed E-state index contributed by atoms with van der Waals surface area (Å²) in [5.41, 5.74) is 1.68. The first-order valence-corrected chi connectivity index (χ1v) is 12.4. The van der Waals surface area contributed by atoms with Crippen molar-refractivity contribution in [1.29, 1.82) is 0 Å². The zero-order valence-corrected chi connectivity index (χ0v) is 21.5. The quantitative estimate of drug-likeness (QED) is 0.454. The maximum atomic E-state index is 13.6. The Hall–Kier alpha value is -3.40. The number of nitrogens with zero attached hydrogens (tertiary/aromatic N) is 2. The SMILES string of the molecule is CCOC(=O)C1=C(C)N=c2s/c(=C/c3cc(Cl)c(OCC(=O)O)c(Cl)c3)c(=O)n2[C@H]1c1ccccc1. The number of carboxylic acids is 1. The Morgan fingerprint density at radius 1 is 1.19 bits per heavy atom. The second kappa shape index (κ2) is 10.7. The summed E-state index contributed by atoms with van der Waals surface area (Å²) < 4.78 is 12.3. The van der Waals surface area contributed by atoms with Crippen molar-refractivity contribution in [2.45, 2.75) is 19.9 Å². The van der Waals surface area contributed by atoms with Gasteiger partial charge >= 0.3 is 11.9 Å². The Labute approximate surface area is 219 Å². The number of allylic oxidation sites excluding steroid dienone is 1. The first-order chi connectivity index (χ1) is 17.2. The molecule has 4 rings (SSSR count). The van der Waals surface area contributed by atoms with E-state index in [9.17, 15) is 14.4 Å². The highest BCUT2D eigenvalue weighted by Crippen LogP contribution is 2.34. The number of aromatic nitrogens is 1. The fourth-order valence-corrected chi connectivity index (χ4v) is 5.49. The van der Waals surface area contributed by atoms with Crippen LogP contribution in [0.15, 0.2) is 63.5 Å². The zero-order chi connectivity index (χ0) is 26.0. The molecule has 2 aromatic carbocycles. The molecular weight excluding hydrogens is 527 g/mol. The number of rotatable bonds is 7. The minimum absolute atomic E-state index is 0.0399. The number of benzene rings is 2. The van der Waals surface area contributed by atoms with Gasteiger partial charge in [0.2, 0.25) is 0 Å². The number of aliphatic carboxylic acids is 1. The molecule has 0 spiro atoms. The summed E-state index contributed by atoms with van der Waals surface area (Å²) in [6.07, 6.45) is 1.61. The van der Waals surface area contributed by atoms with Crippen molar-refractivity contribution in [2.24, 2.45) is 4.99 Å². The first kappa shape index (κ1) is 25.7. The molecule has 1 aliphatic rings. The number of ether oxygens (including phenoxy) is 2. The van der Waals surface area contributed by atoms with E-state index in [2.05, 4.69) is 4.99 Å². The van der Waals surface area contributed by atoms with E-state index >= 15 is 0 Å². The van der Waals surface area contributed by atoms with Gasteiger partial charge < -0.3 is 14.6 Å². The molecule has 1 aliphatic heterocycles. The molecular formula is C25H20Cl2N2O6S. The fraction of sp³-hybridized carbons (Fsp3) is 0.200. The summed E-state index contributed by atoms with van der Waals surface area (Å²) in [4.78, 5) is 42.2. The van der Waals surface area contributed by atoms with Crippen LogP contribution in [0.2, 0.25) is 10.0 Å². The average molecular weight is 547 g/mol. The maximum absolute atomic E-state index is 13.6. The predicted octanol–water partition coefficient (Wildman–Crippen LogP) is 3.57. The highest BCUT2D eigenvalue weighted by atomic mass is 35.5. The van der Waals surface area contributed by atoms with Crippen molar-refractivity contribution in [3.05, 3.63) is 94.6 Å². The summed E-state index contributed by atoms with van der Waals surface area (Å²) in [6.45, 7) is 3.03. The van der Waals surface area contributed by atoms with Crippen LogP contribution >= 0.6 is 34.5 Å². The van der Waals surface area contributed by atoms with Gasteiger partial charge in [-0.25, -0.2) is 14.6 Å². The van der Waals surface area contributed by atoms with Crippen molar-refractivity contribution in [3.63, 3.8) is 0 Å². The summed E-state index contributed by atoms with van der Waals surface area (Å²) in [5.74, 6) is -1.66. The van der Waals surface area contributed by atoms with Crippen molar-refractivity contribution >= 4 is 52.6 Å². The molecule has 0 saturated carbocycles. The van der Waals surface area contributed by atoms with Crippen LogP contribution in [0, 0.1) is 0 Å². The molecule has 3 aromatic rings. The summed E-state index contributed by atoms with van der Waals surface area (Å²) in [7, 11) is 0.